The highest BCUT2D eigenvalue weighted by Crippen LogP contribution is 2.29. The molecule has 2 aromatic rings. The van der Waals surface area contributed by atoms with Crippen LogP contribution in [0.15, 0.2) is 35.3 Å². The van der Waals surface area contributed by atoms with E-state index < -0.39 is 11.7 Å². The topological polar surface area (TPSA) is 86.2 Å². The lowest BCUT2D eigenvalue weighted by Gasteiger charge is -2.34. The van der Waals surface area contributed by atoms with Crippen molar-refractivity contribution in [1.82, 2.24) is 15.5 Å². The standard InChI is InChI=1S/C23H34N4O3S/c1-23(2,3)30-22(29)27-11-7-8-16(15-27)13-25-21(24-4)26-14-18(28)20-12-17-9-5-6-10-19(17)31-20/h5-6,9-10,12,16,18,28H,7-8,11,13-15H2,1-4H3,(H2,24,25,26). The molecule has 1 aromatic carbocycles. The summed E-state index contributed by atoms with van der Waals surface area (Å²) in [5.74, 6) is 0.974. The third kappa shape index (κ3) is 6.83. The van der Waals surface area contributed by atoms with Crippen LogP contribution in [-0.2, 0) is 4.74 Å². The minimum atomic E-state index is -0.603. The van der Waals surface area contributed by atoms with Crippen LogP contribution in [0, 0.1) is 5.92 Å². The van der Waals surface area contributed by atoms with Crippen molar-refractivity contribution in [2.45, 2.75) is 45.3 Å². The number of guanidine groups is 1. The zero-order valence-corrected chi connectivity index (χ0v) is 19.7. The van der Waals surface area contributed by atoms with Crippen molar-refractivity contribution in [3.63, 3.8) is 0 Å². The minimum absolute atomic E-state index is 0.244. The summed E-state index contributed by atoms with van der Waals surface area (Å²) in [6.45, 7) is 8.15. The van der Waals surface area contributed by atoms with Gasteiger partial charge in [0.15, 0.2) is 5.96 Å². The van der Waals surface area contributed by atoms with Gasteiger partial charge in [-0.25, -0.2) is 4.79 Å². The van der Waals surface area contributed by atoms with Crippen LogP contribution in [0.5, 0.6) is 0 Å². The van der Waals surface area contributed by atoms with Gasteiger partial charge in [-0.2, -0.15) is 0 Å². The van der Waals surface area contributed by atoms with Crippen LogP contribution < -0.4 is 10.6 Å². The Labute approximate surface area is 188 Å². The van der Waals surface area contributed by atoms with E-state index in [2.05, 4.69) is 27.8 Å². The number of hydrogen-bond donors (Lipinski definition) is 3. The molecule has 3 rings (SSSR count). The number of aliphatic imine (C=N–C) groups is 1. The maximum Gasteiger partial charge on any atom is 0.410 e. The Kier molecular flexibility index (Phi) is 7.78. The third-order valence-corrected chi connectivity index (χ3v) is 6.41. The molecule has 7 nitrogen and oxygen atoms in total. The average molecular weight is 447 g/mol. The van der Waals surface area contributed by atoms with Crippen molar-refractivity contribution in [2.75, 3.05) is 33.2 Å². The van der Waals surface area contributed by atoms with Crippen molar-refractivity contribution in [2.24, 2.45) is 10.9 Å². The monoisotopic (exact) mass is 446 g/mol. The molecule has 170 valence electrons. The second kappa shape index (κ2) is 10.3. The molecule has 2 unspecified atom stereocenters. The maximum atomic E-state index is 12.4. The van der Waals surface area contributed by atoms with E-state index in [9.17, 15) is 9.90 Å². The molecular formula is C23H34N4O3S. The first-order chi connectivity index (χ1) is 14.7. The summed E-state index contributed by atoms with van der Waals surface area (Å²) in [6, 6.07) is 10.2. The lowest BCUT2D eigenvalue weighted by atomic mass is 9.98. The quantitative estimate of drug-likeness (QED) is 0.481. The Morgan fingerprint density at radius 1 is 1.35 bits per heavy atom. The van der Waals surface area contributed by atoms with E-state index in [0.717, 1.165) is 29.6 Å². The van der Waals surface area contributed by atoms with Gasteiger partial charge in [0.25, 0.3) is 0 Å². The molecule has 0 spiro atoms. The van der Waals surface area contributed by atoms with Gasteiger partial charge in [0.1, 0.15) is 11.7 Å². The van der Waals surface area contributed by atoms with Crippen LogP contribution in [0.1, 0.15) is 44.6 Å². The van der Waals surface area contributed by atoms with Crippen molar-refractivity contribution in [1.29, 1.82) is 0 Å². The first-order valence-electron chi connectivity index (χ1n) is 10.8. The van der Waals surface area contributed by atoms with Crippen LogP contribution >= 0.6 is 11.3 Å². The highest BCUT2D eigenvalue weighted by molar-refractivity contribution is 7.19. The minimum Gasteiger partial charge on any atom is -0.444 e. The molecule has 31 heavy (non-hydrogen) atoms. The predicted molar refractivity (Wildman–Crippen MR) is 127 cm³/mol. The summed E-state index contributed by atoms with van der Waals surface area (Å²) >= 11 is 1.61. The number of amides is 1. The fourth-order valence-electron chi connectivity index (χ4n) is 3.65. The van der Waals surface area contributed by atoms with E-state index in [1.54, 1.807) is 23.3 Å². The largest absolute Gasteiger partial charge is 0.444 e. The smallest absolute Gasteiger partial charge is 0.410 e. The Morgan fingerprint density at radius 3 is 2.84 bits per heavy atom. The molecule has 2 heterocycles. The number of ether oxygens (including phenoxy) is 1. The van der Waals surface area contributed by atoms with Crippen LogP contribution in [0.2, 0.25) is 0 Å². The summed E-state index contributed by atoms with van der Waals surface area (Å²) in [5.41, 5.74) is -0.483. The first kappa shape index (κ1) is 23.3. The van der Waals surface area contributed by atoms with Gasteiger partial charge in [-0.05, 0) is 57.0 Å². The molecule has 0 aliphatic carbocycles. The van der Waals surface area contributed by atoms with Gasteiger partial charge in [-0.3, -0.25) is 4.99 Å². The molecule has 1 aliphatic heterocycles. The van der Waals surface area contributed by atoms with Gasteiger partial charge in [-0.1, -0.05) is 18.2 Å². The summed E-state index contributed by atoms with van der Waals surface area (Å²) in [7, 11) is 1.72. The number of likely N-dealkylation sites (tertiary alicyclic amines) is 1. The van der Waals surface area contributed by atoms with Crippen molar-refractivity contribution < 1.29 is 14.6 Å². The van der Waals surface area contributed by atoms with E-state index in [1.165, 1.54) is 4.70 Å². The molecule has 3 N–H and O–H groups in total. The summed E-state index contributed by atoms with van der Waals surface area (Å²) in [6.07, 6.45) is 1.16. The molecule has 1 saturated heterocycles. The van der Waals surface area contributed by atoms with E-state index in [4.69, 9.17) is 4.74 Å². The van der Waals surface area contributed by atoms with Crippen molar-refractivity contribution >= 4 is 33.5 Å². The Balaban J connectivity index is 1.46. The van der Waals surface area contributed by atoms with Crippen LogP contribution in [0.25, 0.3) is 10.1 Å². The van der Waals surface area contributed by atoms with Gasteiger partial charge in [0, 0.05) is 42.8 Å². The molecule has 1 amide bonds. The zero-order valence-electron chi connectivity index (χ0n) is 18.9. The summed E-state index contributed by atoms with van der Waals surface area (Å²) in [4.78, 5) is 19.3. The molecule has 1 fully saturated rings. The SMILES string of the molecule is CN=C(NCC1CCCN(C(=O)OC(C)(C)C)C1)NCC(O)c1cc2ccccc2s1. The normalized spacial score (nSPS) is 18.7. The number of carbonyl (C=O) groups excluding carboxylic acids is 1. The molecule has 0 bridgehead atoms. The fourth-order valence-corrected chi connectivity index (χ4v) is 4.70. The number of nitrogens with zero attached hydrogens (tertiary/aromatic N) is 2. The number of carbonyl (C=O) groups is 1. The second-order valence-electron chi connectivity index (χ2n) is 8.97. The number of thiophene rings is 1. The molecule has 8 heteroatoms. The molecule has 1 aliphatic rings. The number of benzene rings is 1. The van der Waals surface area contributed by atoms with Gasteiger partial charge >= 0.3 is 6.09 Å². The number of aliphatic hydroxyl groups excluding tert-OH is 1. The summed E-state index contributed by atoms with van der Waals surface area (Å²) < 4.78 is 6.68. The van der Waals surface area contributed by atoms with Gasteiger partial charge in [-0.15, -0.1) is 11.3 Å². The number of nitrogens with one attached hydrogen (secondary N) is 2. The number of aliphatic hydroxyl groups is 1. The zero-order chi connectivity index (χ0) is 22.4. The van der Waals surface area contributed by atoms with Crippen molar-refractivity contribution in [3.05, 3.63) is 35.2 Å². The lowest BCUT2D eigenvalue weighted by molar-refractivity contribution is 0.0168. The van der Waals surface area contributed by atoms with Gasteiger partial charge in [0.05, 0.1) is 0 Å². The van der Waals surface area contributed by atoms with E-state index >= 15 is 0 Å². The summed E-state index contributed by atoms with van der Waals surface area (Å²) in [5, 5.41) is 18.3. The first-order valence-corrected chi connectivity index (χ1v) is 11.7. The number of fused-ring (bicyclic) bond motifs is 1. The van der Waals surface area contributed by atoms with E-state index in [-0.39, 0.29) is 6.09 Å². The Hall–Kier alpha value is -2.32. The predicted octanol–water partition coefficient (Wildman–Crippen LogP) is 3.75. The molecule has 0 radical (unpaired) electrons. The van der Waals surface area contributed by atoms with Crippen LogP contribution in [0.3, 0.4) is 0 Å². The fraction of sp³-hybridized carbons (Fsp3) is 0.565. The van der Waals surface area contributed by atoms with E-state index in [0.29, 0.717) is 31.5 Å². The van der Waals surface area contributed by atoms with Crippen LogP contribution in [0.4, 0.5) is 4.79 Å². The molecule has 1 aromatic heterocycles. The third-order valence-electron chi connectivity index (χ3n) is 5.19. The Morgan fingerprint density at radius 2 is 2.13 bits per heavy atom. The Bertz CT molecular complexity index is 873. The average Bonchev–Trinajstić information content (AvgIpc) is 3.17. The second-order valence-corrected chi connectivity index (χ2v) is 10.1. The number of hydrogen-bond acceptors (Lipinski definition) is 5. The molecule has 0 saturated carbocycles. The highest BCUT2D eigenvalue weighted by atomic mass is 32.1. The molecule has 2 atom stereocenters. The van der Waals surface area contributed by atoms with Gasteiger partial charge < -0.3 is 25.4 Å². The van der Waals surface area contributed by atoms with Crippen LogP contribution in [-0.4, -0.2) is 60.9 Å². The van der Waals surface area contributed by atoms with Crippen molar-refractivity contribution in [3.8, 4) is 0 Å². The maximum absolute atomic E-state index is 12.4. The number of rotatable bonds is 5. The molecular weight excluding hydrogens is 412 g/mol. The lowest BCUT2D eigenvalue weighted by Crippen LogP contribution is -2.47. The number of piperidine rings is 1. The van der Waals surface area contributed by atoms with Gasteiger partial charge in [0.2, 0.25) is 0 Å². The highest BCUT2D eigenvalue weighted by Gasteiger charge is 2.27. The van der Waals surface area contributed by atoms with E-state index in [1.807, 2.05) is 39.0 Å².